The molecule has 1 aliphatic heterocycles. The lowest BCUT2D eigenvalue weighted by Crippen LogP contribution is -2.39. The molecular formula is C19H27N5O. The molecule has 2 heterocycles. The Morgan fingerprint density at radius 2 is 1.92 bits per heavy atom. The second-order valence-electron chi connectivity index (χ2n) is 7.29. The zero-order valence-electron chi connectivity index (χ0n) is 14.7. The maximum atomic E-state index is 11.6. The molecule has 1 amide bonds. The number of para-hydroxylation sites is 1. The summed E-state index contributed by atoms with van der Waals surface area (Å²) in [7, 11) is 0. The van der Waals surface area contributed by atoms with Gasteiger partial charge in [-0.05, 0) is 31.4 Å². The second kappa shape index (κ2) is 7.04. The van der Waals surface area contributed by atoms with Gasteiger partial charge >= 0.3 is 0 Å². The number of hydrogen-bond acceptors (Lipinski definition) is 4. The lowest BCUT2D eigenvalue weighted by atomic mass is 9.94. The molecule has 134 valence electrons. The highest BCUT2D eigenvalue weighted by atomic mass is 16.1. The first-order chi connectivity index (χ1) is 12.2. The van der Waals surface area contributed by atoms with Crippen molar-refractivity contribution in [2.45, 2.75) is 44.6 Å². The third kappa shape index (κ3) is 3.35. The van der Waals surface area contributed by atoms with Crippen molar-refractivity contribution in [2.24, 2.45) is 5.73 Å². The van der Waals surface area contributed by atoms with E-state index in [1.54, 1.807) is 6.07 Å². The molecule has 1 aromatic heterocycles. The lowest BCUT2D eigenvalue weighted by Gasteiger charge is -2.33. The Morgan fingerprint density at radius 1 is 1.08 bits per heavy atom. The van der Waals surface area contributed by atoms with Gasteiger partial charge in [-0.1, -0.05) is 25.3 Å². The number of benzene rings is 1. The number of hydrogen-bond donors (Lipinski definition) is 2. The van der Waals surface area contributed by atoms with E-state index in [1.807, 2.05) is 12.1 Å². The summed E-state index contributed by atoms with van der Waals surface area (Å²) < 4.78 is 0. The van der Waals surface area contributed by atoms with Crippen LogP contribution < -0.4 is 10.6 Å². The van der Waals surface area contributed by atoms with Crippen LogP contribution in [0.25, 0.3) is 11.0 Å². The molecule has 4 rings (SSSR count). The first kappa shape index (κ1) is 16.4. The smallest absolute Gasteiger partial charge is 0.250 e. The Hall–Kier alpha value is -2.08. The number of anilines is 1. The fraction of sp³-hybridized carbons (Fsp3) is 0.579. The molecule has 2 fully saturated rings. The molecule has 0 radical (unpaired) electrons. The number of imidazole rings is 1. The van der Waals surface area contributed by atoms with Crippen molar-refractivity contribution >= 4 is 22.9 Å². The molecule has 25 heavy (non-hydrogen) atoms. The highest BCUT2D eigenvalue weighted by Crippen LogP contribution is 2.25. The molecule has 2 aliphatic rings. The molecule has 6 heteroatoms. The summed E-state index contributed by atoms with van der Waals surface area (Å²) in [4.78, 5) is 24.7. The van der Waals surface area contributed by atoms with Crippen molar-refractivity contribution in [1.82, 2.24) is 14.9 Å². The molecule has 0 unspecified atom stereocenters. The van der Waals surface area contributed by atoms with Crippen LogP contribution in [0, 0.1) is 0 Å². The van der Waals surface area contributed by atoms with E-state index < -0.39 is 5.91 Å². The number of H-pyrrole nitrogens is 1. The lowest BCUT2D eigenvalue weighted by molar-refractivity contribution is 0.100. The topological polar surface area (TPSA) is 78.2 Å². The van der Waals surface area contributed by atoms with E-state index in [0.717, 1.165) is 43.6 Å². The third-order valence-electron chi connectivity index (χ3n) is 5.69. The van der Waals surface area contributed by atoms with Crippen molar-refractivity contribution in [3.05, 3.63) is 23.8 Å². The Balaban J connectivity index is 1.51. The number of carbonyl (C=O) groups excluding carboxylic acids is 1. The molecule has 2 aromatic rings. The molecule has 0 bridgehead atoms. The molecule has 3 N–H and O–H groups in total. The van der Waals surface area contributed by atoms with Crippen LogP contribution in [-0.4, -0.2) is 53.0 Å². The van der Waals surface area contributed by atoms with Crippen LogP contribution in [0.15, 0.2) is 18.2 Å². The SMILES string of the molecule is NC(=O)c1cccc2[nH]c(N3CCCN(C4CCCCC4)CC3)nc12. The Labute approximate surface area is 148 Å². The standard InChI is InChI=1S/C19H27N5O/c20-18(25)15-8-4-9-16-17(15)22-19(21-16)24-11-5-10-23(12-13-24)14-6-2-1-3-7-14/h4,8-9,14H,1-3,5-7,10-13H2,(H2,20,25)(H,21,22). The number of rotatable bonds is 3. The van der Waals surface area contributed by atoms with Crippen molar-refractivity contribution in [3.8, 4) is 0 Å². The summed E-state index contributed by atoms with van der Waals surface area (Å²) in [6.45, 7) is 4.23. The largest absolute Gasteiger partial charge is 0.366 e. The maximum Gasteiger partial charge on any atom is 0.250 e. The third-order valence-corrected chi connectivity index (χ3v) is 5.69. The Morgan fingerprint density at radius 3 is 2.72 bits per heavy atom. The molecule has 1 saturated carbocycles. The van der Waals surface area contributed by atoms with Crippen molar-refractivity contribution in [3.63, 3.8) is 0 Å². The zero-order valence-corrected chi connectivity index (χ0v) is 14.7. The van der Waals surface area contributed by atoms with Gasteiger partial charge in [0.25, 0.3) is 5.91 Å². The van der Waals surface area contributed by atoms with E-state index in [2.05, 4.69) is 19.8 Å². The van der Waals surface area contributed by atoms with Crippen molar-refractivity contribution in [2.75, 3.05) is 31.1 Å². The summed E-state index contributed by atoms with van der Waals surface area (Å²) >= 11 is 0. The minimum Gasteiger partial charge on any atom is -0.366 e. The quantitative estimate of drug-likeness (QED) is 0.899. The highest BCUT2D eigenvalue weighted by molar-refractivity contribution is 6.04. The number of nitrogens with one attached hydrogen (secondary N) is 1. The van der Waals surface area contributed by atoms with E-state index in [-0.39, 0.29) is 0 Å². The fourth-order valence-electron chi connectivity index (χ4n) is 4.33. The van der Waals surface area contributed by atoms with Crippen molar-refractivity contribution < 1.29 is 4.79 Å². The van der Waals surface area contributed by atoms with Gasteiger partial charge in [-0.2, -0.15) is 0 Å². The minimum atomic E-state index is -0.428. The number of aromatic amines is 1. The van der Waals surface area contributed by atoms with E-state index in [9.17, 15) is 4.79 Å². The summed E-state index contributed by atoms with van der Waals surface area (Å²) in [6.07, 6.45) is 8.02. The molecule has 1 aliphatic carbocycles. The summed E-state index contributed by atoms with van der Waals surface area (Å²) in [5.74, 6) is 0.428. The first-order valence-corrected chi connectivity index (χ1v) is 9.50. The highest BCUT2D eigenvalue weighted by Gasteiger charge is 2.24. The van der Waals surface area contributed by atoms with Crippen LogP contribution in [0.3, 0.4) is 0 Å². The van der Waals surface area contributed by atoms with Gasteiger partial charge in [0.1, 0.15) is 5.52 Å². The summed E-state index contributed by atoms with van der Waals surface area (Å²) in [6, 6.07) is 6.30. The summed E-state index contributed by atoms with van der Waals surface area (Å²) in [5.41, 5.74) is 7.52. The second-order valence-corrected chi connectivity index (χ2v) is 7.29. The van der Waals surface area contributed by atoms with Gasteiger partial charge in [0.2, 0.25) is 5.95 Å². The average molecular weight is 341 g/mol. The van der Waals surface area contributed by atoms with E-state index in [0.29, 0.717) is 11.1 Å². The number of amides is 1. The van der Waals surface area contributed by atoms with Crippen LogP contribution in [0.4, 0.5) is 5.95 Å². The predicted octanol–water partition coefficient (Wildman–Crippen LogP) is 2.51. The van der Waals surface area contributed by atoms with Gasteiger partial charge in [-0.3, -0.25) is 9.69 Å². The monoisotopic (exact) mass is 341 g/mol. The molecule has 6 nitrogen and oxygen atoms in total. The van der Waals surface area contributed by atoms with Gasteiger partial charge in [0, 0.05) is 32.2 Å². The van der Waals surface area contributed by atoms with Crippen LogP contribution in [-0.2, 0) is 0 Å². The van der Waals surface area contributed by atoms with Gasteiger partial charge in [-0.25, -0.2) is 4.98 Å². The van der Waals surface area contributed by atoms with E-state index >= 15 is 0 Å². The minimum absolute atomic E-state index is 0.428. The number of primary amides is 1. The van der Waals surface area contributed by atoms with Crippen LogP contribution in [0.1, 0.15) is 48.9 Å². The van der Waals surface area contributed by atoms with Crippen molar-refractivity contribution in [1.29, 1.82) is 0 Å². The molecular weight excluding hydrogens is 314 g/mol. The number of nitrogens with zero attached hydrogens (tertiary/aromatic N) is 3. The van der Waals surface area contributed by atoms with Gasteiger partial charge in [0.15, 0.2) is 0 Å². The number of nitrogens with two attached hydrogens (primary N) is 1. The van der Waals surface area contributed by atoms with Crippen LogP contribution in [0.5, 0.6) is 0 Å². The number of carbonyl (C=O) groups is 1. The zero-order chi connectivity index (χ0) is 17.2. The maximum absolute atomic E-state index is 11.6. The van der Waals surface area contributed by atoms with Crippen LogP contribution in [0.2, 0.25) is 0 Å². The van der Waals surface area contributed by atoms with Gasteiger partial charge in [-0.15, -0.1) is 0 Å². The van der Waals surface area contributed by atoms with Gasteiger partial charge < -0.3 is 15.6 Å². The molecule has 1 aromatic carbocycles. The predicted molar refractivity (Wildman–Crippen MR) is 99.9 cm³/mol. The Bertz CT molecular complexity index is 749. The Kier molecular flexibility index (Phi) is 4.61. The van der Waals surface area contributed by atoms with Crippen LogP contribution >= 0.6 is 0 Å². The molecule has 1 saturated heterocycles. The fourth-order valence-corrected chi connectivity index (χ4v) is 4.33. The average Bonchev–Trinajstić information content (AvgIpc) is 2.91. The number of fused-ring (bicyclic) bond motifs is 1. The first-order valence-electron chi connectivity index (χ1n) is 9.50. The van der Waals surface area contributed by atoms with Gasteiger partial charge in [0.05, 0.1) is 11.1 Å². The summed E-state index contributed by atoms with van der Waals surface area (Å²) in [5, 5.41) is 0. The number of aromatic nitrogens is 2. The van der Waals surface area contributed by atoms with E-state index in [4.69, 9.17) is 5.73 Å². The normalized spacial score (nSPS) is 20.7. The molecule has 0 atom stereocenters. The van der Waals surface area contributed by atoms with E-state index in [1.165, 1.54) is 38.6 Å². The molecule has 0 spiro atoms.